The number of anilines is 2. The Morgan fingerprint density at radius 2 is 1.73 bits per heavy atom. The van der Waals surface area contributed by atoms with E-state index < -0.39 is 5.91 Å². The molecule has 3 aromatic carbocycles. The number of aryl methyl sites for hydroxylation is 2. The van der Waals surface area contributed by atoms with E-state index in [4.69, 9.17) is 4.74 Å². The number of benzene rings is 3. The first-order chi connectivity index (χ1) is 15.9. The summed E-state index contributed by atoms with van der Waals surface area (Å²) in [7, 11) is 0. The van der Waals surface area contributed by atoms with Gasteiger partial charge in [0.2, 0.25) is 0 Å². The van der Waals surface area contributed by atoms with Crippen LogP contribution in [-0.4, -0.2) is 18.4 Å². The van der Waals surface area contributed by atoms with Crippen molar-refractivity contribution < 1.29 is 14.3 Å². The zero-order chi connectivity index (χ0) is 23.8. The number of rotatable bonds is 7. The normalized spacial score (nSPS) is 10.8. The zero-order valence-electron chi connectivity index (χ0n) is 18.8. The molecule has 0 aliphatic carbocycles. The van der Waals surface area contributed by atoms with Crippen LogP contribution in [-0.2, 0) is 9.59 Å². The quantitative estimate of drug-likeness (QED) is 0.392. The number of ether oxygens (including phenoxy) is 1. The fourth-order valence-corrected chi connectivity index (χ4v) is 3.15. The summed E-state index contributed by atoms with van der Waals surface area (Å²) in [5.41, 5.74) is 4.98. The molecule has 0 atom stereocenters. The van der Waals surface area contributed by atoms with Crippen molar-refractivity contribution in [2.45, 2.75) is 20.8 Å². The second kappa shape index (κ2) is 10.8. The maximum Gasteiger partial charge on any atom is 0.266 e. The van der Waals surface area contributed by atoms with Crippen LogP contribution in [0.25, 0.3) is 6.08 Å². The molecule has 166 valence electrons. The molecule has 2 N–H and O–H groups in total. The highest BCUT2D eigenvalue weighted by molar-refractivity contribution is 6.10. The molecule has 2 amide bonds. The molecule has 0 aliphatic rings. The van der Waals surface area contributed by atoms with E-state index in [0.29, 0.717) is 22.7 Å². The van der Waals surface area contributed by atoms with Gasteiger partial charge in [0.05, 0.1) is 0 Å². The third-order valence-corrected chi connectivity index (χ3v) is 5.06. The maximum atomic E-state index is 12.6. The van der Waals surface area contributed by atoms with Crippen molar-refractivity contribution in [3.05, 3.63) is 94.6 Å². The van der Waals surface area contributed by atoms with E-state index in [1.54, 1.807) is 30.3 Å². The Balaban J connectivity index is 1.65. The lowest BCUT2D eigenvalue weighted by Crippen LogP contribution is -2.20. The lowest BCUT2D eigenvalue weighted by molar-refractivity contribution is -0.118. The smallest absolute Gasteiger partial charge is 0.266 e. The average molecular weight is 440 g/mol. The van der Waals surface area contributed by atoms with Crippen molar-refractivity contribution >= 4 is 29.3 Å². The molecule has 0 unspecified atom stereocenters. The van der Waals surface area contributed by atoms with E-state index in [2.05, 4.69) is 10.6 Å². The highest BCUT2D eigenvalue weighted by Crippen LogP contribution is 2.20. The van der Waals surface area contributed by atoms with Crippen molar-refractivity contribution in [3.63, 3.8) is 0 Å². The summed E-state index contributed by atoms with van der Waals surface area (Å²) in [4.78, 5) is 24.8. The number of carbonyl (C=O) groups is 2. The molecule has 0 aromatic heterocycles. The van der Waals surface area contributed by atoms with E-state index in [1.807, 2.05) is 63.2 Å². The Labute approximate surface area is 193 Å². The standard InChI is InChI=1S/C27H25N3O3/c1-18-7-4-10-23(13-18)29-26(31)17-33-24-11-6-9-21(15-24)14-22(16-28)27(32)30-25-12-5-8-19(2)20(25)3/h4-15H,17H2,1-3H3,(H,29,31)(H,30,32)/b22-14-. The van der Waals surface area contributed by atoms with Crippen LogP contribution in [0.4, 0.5) is 11.4 Å². The van der Waals surface area contributed by atoms with Crippen LogP contribution in [0.1, 0.15) is 22.3 Å². The Morgan fingerprint density at radius 1 is 0.970 bits per heavy atom. The van der Waals surface area contributed by atoms with Gasteiger partial charge < -0.3 is 15.4 Å². The molecular weight excluding hydrogens is 414 g/mol. The van der Waals surface area contributed by atoms with Gasteiger partial charge >= 0.3 is 0 Å². The van der Waals surface area contributed by atoms with Crippen molar-refractivity contribution in [2.75, 3.05) is 17.2 Å². The fraction of sp³-hybridized carbons (Fsp3) is 0.148. The molecule has 3 rings (SSSR count). The third-order valence-electron chi connectivity index (χ3n) is 5.06. The molecule has 6 nitrogen and oxygen atoms in total. The monoisotopic (exact) mass is 439 g/mol. The topological polar surface area (TPSA) is 91.2 Å². The van der Waals surface area contributed by atoms with Crippen molar-refractivity contribution in [3.8, 4) is 11.8 Å². The molecule has 6 heteroatoms. The van der Waals surface area contributed by atoms with Crippen LogP contribution in [0.15, 0.2) is 72.3 Å². The first-order valence-corrected chi connectivity index (χ1v) is 10.4. The minimum absolute atomic E-state index is 0.0368. The Kier molecular flexibility index (Phi) is 7.61. The molecule has 0 aliphatic heterocycles. The molecule has 0 spiro atoms. The second-order valence-electron chi connectivity index (χ2n) is 7.65. The van der Waals surface area contributed by atoms with Crippen LogP contribution < -0.4 is 15.4 Å². The number of carbonyl (C=O) groups excluding carboxylic acids is 2. The predicted octanol–water partition coefficient (Wildman–Crippen LogP) is 5.18. The van der Waals surface area contributed by atoms with Gasteiger partial charge in [-0.15, -0.1) is 0 Å². The van der Waals surface area contributed by atoms with Crippen LogP contribution in [0, 0.1) is 32.1 Å². The number of hydrogen-bond donors (Lipinski definition) is 2. The molecule has 0 bridgehead atoms. The van der Waals surface area contributed by atoms with Crippen molar-refractivity contribution in [1.82, 2.24) is 0 Å². The van der Waals surface area contributed by atoms with Crippen LogP contribution in [0.3, 0.4) is 0 Å². The van der Waals surface area contributed by atoms with E-state index in [1.165, 1.54) is 6.08 Å². The van der Waals surface area contributed by atoms with Crippen LogP contribution in [0.2, 0.25) is 0 Å². The van der Waals surface area contributed by atoms with Gasteiger partial charge in [-0.3, -0.25) is 9.59 Å². The molecule has 33 heavy (non-hydrogen) atoms. The molecule has 0 fully saturated rings. The molecule has 0 saturated carbocycles. The Morgan fingerprint density at radius 3 is 2.48 bits per heavy atom. The summed E-state index contributed by atoms with van der Waals surface area (Å²) < 4.78 is 5.59. The number of amides is 2. The van der Waals surface area contributed by atoms with Gasteiger partial charge in [-0.1, -0.05) is 36.4 Å². The van der Waals surface area contributed by atoms with Crippen molar-refractivity contribution in [2.24, 2.45) is 0 Å². The lowest BCUT2D eigenvalue weighted by atomic mass is 10.1. The average Bonchev–Trinajstić information content (AvgIpc) is 2.79. The Hall–Kier alpha value is -4.37. The zero-order valence-corrected chi connectivity index (χ0v) is 18.8. The molecule has 0 heterocycles. The van der Waals surface area contributed by atoms with E-state index in [-0.39, 0.29) is 18.1 Å². The summed E-state index contributed by atoms with van der Waals surface area (Å²) in [6.45, 7) is 5.65. The third kappa shape index (κ3) is 6.55. The molecular formula is C27H25N3O3. The summed E-state index contributed by atoms with van der Waals surface area (Å²) in [5, 5.41) is 15.1. The summed E-state index contributed by atoms with van der Waals surface area (Å²) in [6, 6.07) is 21.9. The van der Waals surface area contributed by atoms with Gasteiger partial charge in [-0.2, -0.15) is 5.26 Å². The first-order valence-electron chi connectivity index (χ1n) is 10.4. The van der Waals surface area contributed by atoms with Gasteiger partial charge in [-0.05, 0) is 79.4 Å². The van der Waals surface area contributed by atoms with Gasteiger partial charge in [0.1, 0.15) is 17.4 Å². The lowest BCUT2D eigenvalue weighted by Gasteiger charge is -2.10. The SMILES string of the molecule is Cc1cccc(NC(=O)COc2cccc(/C=C(/C#N)C(=O)Nc3cccc(C)c3C)c2)c1. The summed E-state index contributed by atoms with van der Waals surface area (Å²) in [5.74, 6) is -0.322. The minimum atomic E-state index is -0.491. The first kappa shape index (κ1) is 23.3. The van der Waals surface area contributed by atoms with Gasteiger partial charge in [-0.25, -0.2) is 0 Å². The predicted molar refractivity (Wildman–Crippen MR) is 130 cm³/mol. The van der Waals surface area contributed by atoms with Gasteiger partial charge in [0.15, 0.2) is 6.61 Å². The molecule has 0 radical (unpaired) electrons. The fourth-order valence-electron chi connectivity index (χ4n) is 3.15. The second-order valence-corrected chi connectivity index (χ2v) is 7.65. The highest BCUT2D eigenvalue weighted by atomic mass is 16.5. The number of nitriles is 1. The molecule has 0 saturated heterocycles. The highest BCUT2D eigenvalue weighted by Gasteiger charge is 2.12. The number of hydrogen-bond acceptors (Lipinski definition) is 4. The van der Waals surface area contributed by atoms with Crippen molar-refractivity contribution in [1.29, 1.82) is 5.26 Å². The van der Waals surface area contributed by atoms with E-state index >= 15 is 0 Å². The minimum Gasteiger partial charge on any atom is -0.484 e. The van der Waals surface area contributed by atoms with Gasteiger partial charge in [0, 0.05) is 11.4 Å². The largest absolute Gasteiger partial charge is 0.484 e. The summed E-state index contributed by atoms with van der Waals surface area (Å²) in [6.07, 6.45) is 1.49. The van der Waals surface area contributed by atoms with E-state index in [0.717, 1.165) is 16.7 Å². The van der Waals surface area contributed by atoms with Crippen LogP contribution in [0.5, 0.6) is 5.75 Å². The number of nitrogens with zero attached hydrogens (tertiary/aromatic N) is 1. The molecule has 3 aromatic rings. The summed E-state index contributed by atoms with van der Waals surface area (Å²) >= 11 is 0. The van der Waals surface area contributed by atoms with Crippen LogP contribution >= 0.6 is 0 Å². The number of nitrogens with one attached hydrogen (secondary N) is 2. The van der Waals surface area contributed by atoms with E-state index in [9.17, 15) is 14.9 Å². The van der Waals surface area contributed by atoms with Gasteiger partial charge in [0.25, 0.3) is 11.8 Å². The Bertz CT molecular complexity index is 1260. The maximum absolute atomic E-state index is 12.6.